The number of carbonyl (C=O) groups excluding carboxylic acids is 1. The lowest BCUT2D eigenvalue weighted by molar-refractivity contribution is -0.385. The van der Waals surface area contributed by atoms with Crippen LogP contribution in [0.3, 0.4) is 0 Å². The van der Waals surface area contributed by atoms with Gasteiger partial charge in [0.15, 0.2) is 0 Å². The van der Waals surface area contributed by atoms with Gasteiger partial charge in [0.25, 0.3) is 11.6 Å². The van der Waals surface area contributed by atoms with Crippen LogP contribution in [-0.4, -0.2) is 41.4 Å². The van der Waals surface area contributed by atoms with Crippen LogP contribution in [0.4, 0.5) is 10.1 Å². The molecule has 0 radical (unpaired) electrons. The van der Waals surface area contributed by atoms with Crippen molar-refractivity contribution in [3.8, 4) is 0 Å². The predicted octanol–water partition coefficient (Wildman–Crippen LogP) is 2.35. The number of rotatable bonds is 2. The summed E-state index contributed by atoms with van der Waals surface area (Å²) in [6, 6.07) is 1.77. The molecule has 1 fully saturated rings. The zero-order chi connectivity index (χ0) is 14.9. The molecule has 0 bridgehead atoms. The number of benzene rings is 1. The summed E-state index contributed by atoms with van der Waals surface area (Å²) in [4.78, 5) is 24.2. The molecule has 1 amide bonds. The quantitative estimate of drug-likeness (QED) is 0.629. The van der Waals surface area contributed by atoms with E-state index in [1.807, 2.05) is 6.92 Å². The Labute approximate surface area is 135 Å². The van der Waals surface area contributed by atoms with Gasteiger partial charge in [0.2, 0.25) is 0 Å². The highest BCUT2D eigenvalue weighted by atomic mass is 79.9. The van der Waals surface area contributed by atoms with E-state index in [0.29, 0.717) is 19.6 Å². The van der Waals surface area contributed by atoms with E-state index in [0.717, 1.165) is 12.1 Å². The van der Waals surface area contributed by atoms with Crippen molar-refractivity contribution in [3.05, 3.63) is 38.1 Å². The fraction of sp³-hybridized carbons (Fsp3) is 0.417. The van der Waals surface area contributed by atoms with Gasteiger partial charge >= 0.3 is 0 Å². The van der Waals surface area contributed by atoms with Crippen LogP contribution in [0.15, 0.2) is 16.6 Å². The third-order valence-corrected chi connectivity index (χ3v) is 4.04. The first kappa shape index (κ1) is 17.8. The first-order valence-electron chi connectivity index (χ1n) is 6.07. The number of hydrogen-bond donors (Lipinski definition) is 1. The molecule has 1 saturated heterocycles. The normalized spacial score (nSPS) is 18.0. The lowest BCUT2D eigenvalue weighted by Crippen LogP contribution is -2.52. The largest absolute Gasteiger partial charge is 0.333 e. The minimum absolute atomic E-state index is 0. The van der Waals surface area contributed by atoms with Gasteiger partial charge < -0.3 is 10.2 Å². The van der Waals surface area contributed by atoms with E-state index in [4.69, 9.17) is 0 Å². The van der Waals surface area contributed by atoms with Crippen molar-refractivity contribution in [1.82, 2.24) is 10.2 Å². The number of piperazine rings is 1. The summed E-state index contributed by atoms with van der Waals surface area (Å²) in [6.07, 6.45) is 0. The van der Waals surface area contributed by atoms with E-state index in [-0.39, 0.29) is 28.5 Å². The van der Waals surface area contributed by atoms with Crippen LogP contribution in [0.2, 0.25) is 0 Å². The molecule has 1 aromatic carbocycles. The van der Waals surface area contributed by atoms with Crippen molar-refractivity contribution in [2.45, 2.75) is 13.0 Å². The molecule has 116 valence electrons. The SMILES string of the molecule is C[C@H]1CNCCN1C(=O)c1cc(F)cc([N+](=O)[O-])c1Br.Cl. The van der Waals surface area contributed by atoms with E-state index in [2.05, 4.69) is 21.2 Å². The molecule has 0 saturated carbocycles. The number of nitrogens with zero attached hydrogens (tertiary/aromatic N) is 2. The summed E-state index contributed by atoms with van der Waals surface area (Å²) >= 11 is 3.03. The standard InChI is InChI=1S/C12H13BrFN3O3.ClH/c1-7-6-15-2-3-16(7)12(18)9-4-8(14)5-10(11(9)13)17(19)20;/h4-5,7,15H,2-3,6H2,1H3;1H/t7-;/m0./s1. The van der Waals surface area contributed by atoms with E-state index in [1.54, 1.807) is 4.90 Å². The van der Waals surface area contributed by atoms with Gasteiger partial charge in [-0.25, -0.2) is 4.39 Å². The fourth-order valence-electron chi connectivity index (χ4n) is 2.16. The highest BCUT2D eigenvalue weighted by molar-refractivity contribution is 9.10. The van der Waals surface area contributed by atoms with Gasteiger partial charge in [0, 0.05) is 25.7 Å². The first-order valence-corrected chi connectivity index (χ1v) is 6.86. The van der Waals surface area contributed by atoms with Crippen molar-refractivity contribution in [1.29, 1.82) is 0 Å². The summed E-state index contributed by atoms with van der Waals surface area (Å²) in [5.41, 5.74) is -0.471. The van der Waals surface area contributed by atoms with Crippen LogP contribution < -0.4 is 5.32 Å². The van der Waals surface area contributed by atoms with E-state index in [9.17, 15) is 19.3 Å². The Hall–Kier alpha value is -1.25. The maximum absolute atomic E-state index is 13.5. The zero-order valence-electron chi connectivity index (χ0n) is 11.1. The molecular weight excluding hydrogens is 369 g/mol. The molecule has 2 rings (SSSR count). The number of amides is 1. The molecule has 6 nitrogen and oxygen atoms in total. The number of nitro benzene ring substituents is 1. The van der Waals surface area contributed by atoms with Crippen LogP contribution >= 0.6 is 28.3 Å². The number of halogens is 3. The van der Waals surface area contributed by atoms with Gasteiger partial charge in [-0.05, 0) is 28.9 Å². The minimum atomic E-state index is -0.800. The van der Waals surface area contributed by atoms with Crippen molar-refractivity contribution < 1.29 is 14.1 Å². The van der Waals surface area contributed by atoms with Crippen molar-refractivity contribution in [3.63, 3.8) is 0 Å². The van der Waals surface area contributed by atoms with Crippen LogP contribution in [0.25, 0.3) is 0 Å². The smallest absolute Gasteiger partial charge is 0.287 e. The van der Waals surface area contributed by atoms with E-state index < -0.39 is 22.3 Å². The van der Waals surface area contributed by atoms with Crippen molar-refractivity contribution in [2.75, 3.05) is 19.6 Å². The van der Waals surface area contributed by atoms with Crippen LogP contribution in [0.1, 0.15) is 17.3 Å². The summed E-state index contributed by atoms with van der Waals surface area (Å²) in [7, 11) is 0. The lowest BCUT2D eigenvalue weighted by Gasteiger charge is -2.34. The molecule has 21 heavy (non-hydrogen) atoms. The molecule has 0 aromatic heterocycles. The van der Waals surface area contributed by atoms with Crippen molar-refractivity contribution >= 4 is 39.9 Å². The molecule has 0 spiro atoms. The number of hydrogen-bond acceptors (Lipinski definition) is 4. The Morgan fingerprint density at radius 3 is 2.81 bits per heavy atom. The Morgan fingerprint density at radius 1 is 1.57 bits per heavy atom. The van der Waals surface area contributed by atoms with Gasteiger partial charge in [-0.2, -0.15) is 0 Å². The number of nitro groups is 1. The second-order valence-electron chi connectivity index (χ2n) is 4.60. The monoisotopic (exact) mass is 381 g/mol. The lowest BCUT2D eigenvalue weighted by atomic mass is 10.1. The Kier molecular flexibility index (Phi) is 6.06. The third kappa shape index (κ3) is 3.69. The van der Waals surface area contributed by atoms with E-state index >= 15 is 0 Å². The maximum Gasteiger partial charge on any atom is 0.287 e. The Bertz CT molecular complexity index is 573. The average Bonchev–Trinajstić information content (AvgIpc) is 2.40. The molecule has 0 aliphatic carbocycles. The molecule has 1 atom stereocenters. The highest BCUT2D eigenvalue weighted by Crippen LogP contribution is 2.31. The van der Waals surface area contributed by atoms with Gasteiger partial charge in [-0.1, -0.05) is 0 Å². The molecule has 1 heterocycles. The average molecular weight is 383 g/mol. The molecule has 1 aliphatic heterocycles. The van der Waals surface area contributed by atoms with Gasteiger partial charge in [0.05, 0.1) is 16.6 Å². The predicted molar refractivity (Wildman–Crippen MR) is 81.4 cm³/mol. The van der Waals surface area contributed by atoms with E-state index in [1.165, 1.54) is 0 Å². The third-order valence-electron chi connectivity index (χ3n) is 3.21. The second-order valence-corrected chi connectivity index (χ2v) is 5.39. The maximum atomic E-state index is 13.5. The van der Waals surface area contributed by atoms with Crippen LogP contribution in [0.5, 0.6) is 0 Å². The second kappa shape index (κ2) is 7.15. The minimum Gasteiger partial charge on any atom is -0.333 e. The molecule has 0 unspecified atom stereocenters. The van der Waals surface area contributed by atoms with Crippen LogP contribution in [-0.2, 0) is 0 Å². The topological polar surface area (TPSA) is 75.5 Å². The fourth-order valence-corrected chi connectivity index (χ4v) is 2.70. The summed E-state index contributed by atoms with van der Waals surface area (Å²) in [6.45, 7) is 3.63. The Balaban J connectivity index is 0.00000220. The molecule has 1 N–H and O–H groups in total. The molecule has 9 heteroatoms. The Morgan fingerprint density at radius 2 is 2.24 bits per heavy atom. The summed E-state index contributed by atoms with van der Waals surface area (Å²) < 4.78 is 13.5. The summed E-state index contributed by atoms with van der Waals surface area (Å²) in [5, 5.41) is 14.0. The van der Waals surface area contributed by atoms with Gasteiger partial charge in [-0.3, -0.25) is 14.9 Å². The zero-order valence-corrected chi connectivity index (χ0v) is 13.5. The number of nitrogens with one attached hydrogen (secondary N) is 1. The first-order chi connectivity index (χ1) is 9.41. The molecular formula is C12H14BrClFN3O3. The van der Waals surface area contributed by atoms with Crippen LogP contribution in [0, 0.1) is 15.9 Å². The number of carbonyl (C=O) groups is 1. The van der Waals surface area contributed by atoms with Crippen molar-refractivity contribution in [2.24, 2.45) is 0 Å². The molecule has 1 aromatic rings. The van der Waals surface area contributed by atoms with Gasteiger partial charge in [-0.15, -0.1) is 12.4 Å². The van der Waals surface area contributed by atoms with Gasteiger partial charge in [0.1, 0.15) is 10.3 Å². The summed E-state index contributed by atoms with van der Waals surface area (Å²) in [5.74, 6) is -1.21. The highest BCUT2D eigenvalue weighted by Gasteiger charge is 2.29. The molecule has 1 aliphatic rings.